The SMILES string of the molecule is COc1ccc(OC)c(NC(=O)COC(=O)CCC(=O)Nc2ccc(Oc3ccccc3OC)cc2)c1. The van der Waals surface area contributed by atoms with E-state index in [1.807, 2.05) is 12.1 Å². The second-order valence-electron chi connectivity index (χ2n) is 7.60. The third kappa shape index (κ3) is 8.17. The summed E-state index contributed by atoms with van der Waals surface area (Å²) in [4.78, 5) is 36.4. The van der Waals surface area contributed by atoms with E-state index in [0.717, 1.165) is 0 Å². The third-order valence-electron chi connectivity index (χ3n) is 5.04. The lowest BCUT2D eigenvalue weighted by Gasteiger charge is -2.12. The number of anilines is 2. The van der Waals surface area contributed by atoms with E-state index in [-0.39, 0.29) is 18.7 Å². The molecule has 10 heteroatoms. The lowest BCUT2D eigenvalue weighted by molar-refractivity contribution is -0.147. The maximum Gasteiger partial charge on any atom is 0.306 e. The number of hydrogen-bond acceptors (Lipinski definition) is 8. The minimum Gasteiger partial charge on any atom is -0.497 e. The van der Waals surface area contributed by atoms with E-state index in [4.69, 9.17) is 23.7 Å². The Morgan fingerprint density at radius 3 is 2.03 bits per heavy atom. The van der Waals surface area contributed by atoms with Crippen molar-refractivity contribution >= 4 is 29.2 Å². The number of ether oxygens (including phenoxy) is 5. The fraction of sp³-hybridized carbons (Fsp3) is 0.222. The van der Waals surface area contributed by atoms with Gasteiger partial charge in [-0.1, -0.05) is 12.1 Å². The third-order valence-corrected chi connectivity index (χ3v) is 5.04. The molecule has 0 spiro atoms. The van der Waals surface area contributed by atoms with Crippen molar-refractivity contribution in [3.63, 3.8) is 0 Å². The van der Waals surface area contributed by atoms with Crippen LogP contribution in [0.25, 0.3) is 0 Å². The zero-order valence-electron chi connectivity index (χ0n) is 20.7. The fourth-order valence-corrected chi connectivity index (χ4v) is 3.19. The van der Waals surface area contributed by atoms with Crippen molar-refractivity contribution in [1.29, 1.82) is 0 Å². The van der Waals surface area contributed by atoms with Gasteiger partial charge in [0.15, 0.2) is 18.1 Å². The van der Waals surface area contributed by atoms with Gasteiger partial charge < -0.3 is 34.3 Å². The molecule has 194 valence electrons. The summed E-state index contributed by atoms with van der Waals surface area (Å²) in [5.74, 6) is 1.08. The number of esters is 1. The summed E-state index contributed by atoms with van der Waals surface area (Å²) >= 11 is 0. The Hall–Kier alpha value is -4.73. The van der Waals surface area contributed by atoms with Crippen molar-refractivity contribution in [1.82, 2.24) is 0 Å². The summed E-state index contributed by atoms with van der Waals surface area (Å²) in [6.45, 7) is -0.505. The predicted octanol–water partition coefficient (Wildman–Crippen LogP) is 4.41. The maximum absolute atomic E-state index is 12.2. The number of amides is 2. The molecular weight excluding hydrogens is 480 g/mol. The Balaban J connectivity index is 1.41. The molecule has 0 saturated carbocycles. The van der Waals surface area contributed by atoms with Crippen molar-refractivity contribution in [3.05, 3.63) is 66.7 Å². The maximum atomic E-state index is 12.2. The number of hydrogen-bond donors (Lipinski definition) is 2. The Morgan fingerprint density at radius 2 is 1.35 bits per heavy atom. The molecule has 0 unspecified atom stereocenters. The van der Waals surface area contributed by atoms with Crippen LogP contribution >= 0.6 is 0 Å². The van der Waals surface area contributed by atoms with Gasteiger partial charge in [-0.2, -0.15) is 0 Å². The summed E-state index contributed by atoms with van der Waals surface area (Å²) in [5.41, 5.74) is 0.916. The van der Waals surface area contributed by atoms with Crippen LogP contribution in [0.15, 0.2) is 66.7 Å². The Kier molecular flexibility index (Phi) is 9.72. The molecule has 2 N–H and O–H groups in total. The van der Waals surface area contributed by atoms with Gasteiger partial charge in [-0.05, 0) is 48.5 Å². The molecule has 3 aromatic carbocycles. The number of benzene rings is 3. The first-order valence-electron chi connectivity index (χ1n) is 11.3. The summed E-state index contributed by atoms with van der Waals surface area (Å²) in [6, 6.07) is 18.9. The highest BCUT2D eigenvalue weighted by Gasteiger charge is 2.13. The Morgan fingerprint density at radius 1 is 0.676 bits per heavy atom. The molecule has 2 amide bonds. The molecule has 0 aliphatic heterocycles. The van der Waals surface area contributed by atoms with E-state index in [0.29, 0.717) is 40.1 Å². The van der Waals surface area contributed by atoms with Gasteiger partial charge in [0.2, 0.25) is 5.91 Å². The van der Waals surface area contributed by atoms with E-state index in [1.54, 1.807) is 61.7 Å². The van der Waals surface area contributed by atoms with Crippen LogP contribution in [0.5, 0.6) is 28.7 Å². The van der Waals surface area contributed by atoms with Crippen LogP contribution in [0.4, 0.5) is 11.4 Å². The van der Waals surface area contributed by atoms with Crippen molar-refractivity contribution < 1.29 is 38.1 Å². The molecule has 0 aliphatic carbocycles. The fourth-order valence-electron chi connectivity index (χ4n) is 3.19. The van der Waals surface area contributed by atoms with Crippen LogP contribution in [0.2, 0.25) is 0 Å². The molecular formula is C27H28N2O8. The van der Waals surface area contributed by atoms with E-state index < -0.39 is 18.5 Å². The first-order valence-corrected chi connectivity index (χ1v) is 11.3. The summed E-state index contributed by atoms with van der Waals surface area (Å²) in [6.07, 6.45) is -0.291. The van der Waals surface area contributed by atoms with E-state index >= 15 is 0 Å². The van der Waals surface area contributed by atoms with Crippen molar-refractivity contribution in [2.75, 3.05) is 38.6 Å². The monoisotopic (exact) mass is 508 g/mol. The molecule has 0 fully saturated rings. The lowest BCUT2D eigenvalue weighted by atomic mass is 10.2. The molecule has 0 bridgehead atoms. The number of carbonyl (C=O) groups excluding carboxylic acids is 3. The van der Waals surface area contributed by atoms with Crippen molar-refractivity contribution in [2.45, 2.75) is 12.8 Å². The minimum atomic E-state index is -0.677. The largest absolute Gasteiger partial charge is 0.497 e. The van der Waals surface area contributed by atoms with Gasteiger partial charge in [0.25, 0.3) is 5.91 Å². The normalized spacial score (nSPS) is 10.1. The molecule has 0 aliphatic rings. The molecule has 37 heavy (non-hydrogen) atoms. The quantitative estimate of drug-likeness (QED) is 0.345. The van der Waals surface area contributed by atoms with E-state index in [9.17, 15) is 14.4 Å². The topological polar surface area (TPSA) is 121 Å². The summed E-state index contributed by atoms with van der Waals surface area (Å²) in [5, 5.41) is 5.30. The van der Waals surface area contributed by atoms with Crippen LogP contribution < -0.4 is 29.6 Å². The molecule has 10 nitrogen and oxygen atoms in total. The predicted molar refractivity (Wildman–Crippen MR) is 137 cm³/mol. The van der Waals surface area contributed by atoms with Gasteiger partial charge in [-0.3, -0.25) is 14.4 Å². The molecule has 0 saturated heterocycles. The Labute approximate surface area is 214 Å². The van der Waals surface area contributed by atoms with E-state index in [2.05, 4.69) is 10.6 Å². The van der Waals surface area contributed by atoms with Crippen LogP contribution in [-0.4, -0.2) is 45.7 Å². The molecule has 0 atom stereocenters. The van der Waals surface area contributed by atoms with Crippen LogP contribution in [0, 0.1) is 0 Å². The first-order chi connectivity index (χ1) is 17.9. The van der Waals surface area contributed by atoms with Crippen molar-refractivity contribution in [3.8, 4) is 28.7 Å². The van der Waals surface area contributed by atoms with Crippen molar-refractivity contribution in [2.24, 2.45) is 0 Å². The van der Waals surface area contributed by atoms with Crippen LogP contribution in [-0.2, 0) is 19.1 Å². The zero-order valence-corrected chi connectivity index (χ0v) is 20.7. The van der Waals surface area contributed by atoms with Gasteiger partial charge in [0.1, 0.15) is 17.2 Å². The number of methoxy groups -OCH3 is 3. The highest BCUT2D eigenvalue weighted by molar-refractivity contribution is 5.95. The Bertz CT molecular complexity index is 1230. The smallest absolute Gasteiger partial charge is 0.306 e. The molecule has 3 rings (SSSR count). The first kappa shape index (κ1) is 26.9. The highest BCUT2D eigenvalue weighted by Crippen LogP contribution is 2.31. The van der Waals surface area contributed by atoms with E-state index in [1.165, 1.54) is 14.2 Å². The molecule has 0 aromatic heterocycles. The summed E-state index contributed by atoms with van der Waals surface area (Å²) < 4.78 is 26.4. The average molecular weight is 509 g/mol. The zero-order chi connectivity index (χ0) is 26.6. The molecule has 0 heterocycles. The minimum absolute atomic E-state index is 0.108. The molecule has 0 radical (unpaired) electrons. The second kappa shape index (κ2) is 13.4. The average Bonchev–Trinajstić information content (AvgIpc) is 2.92. The summed E-state index contributed by atoms with van der Waals surface area (Å²) in [7, 11) is 4.52. The van der Waals surface area contributed by atoms with Gasteiger partial charge in [-0.15, -0.1) is 0 Å². The van der Waals surface area contributed by atoms with Gasteiger partial charge >= 0.3 is 5.97 Å². The number of carbonyl (C=O) groups is 3. The van der Waals surface area contributed by atoms with Crippen LogP contribution in [0.3, 0.4) is 0 Å². The molecule has 3 aromatic rings. The van der Waals surface area contributed by atoms with Crippen LogP contribution in [0.1, 0.15) is 12.8 Å². The number of para-hydroxylation sites is 2. The van der Waals surface area contributed by atoms with Gasteiger partial charge in [0.05, 0.1) is 33.4 Å². The highest BCUT2D eigenvalue weighted by atomic mass is 16.5. The van der Waals surface area contributed by atoms with Gasteiger partial charge in [-0.25, -0.2) is 0 Å². The van der Waals surface area contributed by atoms with Gasteiger partial charge in [0, 0.05) is 18.2 Å². The second-order valence-corrected chi connectivity index (χ2v) is 7.60. The number of rotatable bonds is 12. The standard InChI is InChI=1S/C27H28N2O8/c1-33-20-12-13-22(34-2)21(16-20)29-26(31)17-36-27(32)15-14-25(30)28-18-8-10-19(11-9-18)37-24-7-5-4-6-23(24)35-3/h4-13,16H,14-15,17H2,1-3H3,(H,28,30)(H,29,31). The number of nitrogens with one attached hydrogen (secondary N) is 2. The lowest BCUT2D eigenvalue weighted by Crippen LogP contribution is -2.22.